The molecule has 2 heterocycles. The minimum atomic E-state index is -0.773. The summed E-state index contributed by atoms with van der Waals surface area (Å²) < 4.78 is 11.2. The Hall–Kier alpha value is -4.11. The molecule has 1 aromatic heterocycles. The van der Waals surface area contributed by atoms with E-state index in [1.807, 2.05) is 74.6 Å². The van der Waals surface area contributed by atoms with Crippen LogP contribution >= 0.6 is 0 Å². The highest BCUT2D eigenvalue weighted by atomic mass is 16.5. The van der Waals surface area contributed by atoms with Crippen molar-refractivity contribution in [2.45, 2.75) is 32.5 Å². The SMILES string of the molecule is CCNc1cc2c(cn1)C(=O)N(c1cccc(COC(CCCOC(N)=O)c3ccccc3)c1)CCN2C. The zero-order valence-electron chi connectivity index (χ0n) is 21.9. The number of rotatable bonds is 11. The molecule has 2 amide bonds. The van der Waals surface area contributed by atoms with Crippen LogP contribution in [0.5, 0.6) is 0 Å². The number of hydrogen-bond acceptors (Lipinski definition) is 7. The first kappa shape index (κ1) is 26.9. The Balaban J connectivity index is 1.48. The van der Waals surface area contributed by atoms with Gasteiger partial charge in [-0.05, 0) is 43.0 Å². The molecule has 0 fully saturated rings. The van der Waals surface area contributed by atoms with Gasteiger partial charge in [-0.2, -0.15) is 0 Å². The zero-order valence-corrected chi connectivity index (χ0v) is 21.9. The van der Waals surface area contributed by atoms with E-state index in [0.717, 1.165) is 34.9 Å². The number of amides is 2. The molecule has 0 spiro atoms. The van der Waals surface area contributed by atoms with Gasteiger partial charge in [-0.3, -0.25) is 4.79 Å². The standard InChI is InChI=1S/C29H35N5O4/c1-3-31-27-18-25-24(19-32-27)28(35)34(15-14-33(25)2)23-12-7-9-21(17-23)20-38-26(13-8-16-37-29(30)36)22-10-5-4-6-11-22/h4-7,9-12,17-19,26H,3,8,13-16,20H2,1-2H3,(H2,30,36)(H,31,32). The van der Waals surface area contributed by atoms with E-state index in [-0.39, 0.29) is 18.6 Å². The fourth-order valence-electron chi connectivity index (χ4n) is 4.53. The normalized spacial score (nSPS) is 14.0. The summed E-state index contributed by atoms with van der Waals surface area (Å²) in [6.45, 7) is 4.64. The van der Waals surface area contributed by atoms with Gasteiger partial charge in [0, 0.05) is 44.6 Å². The third kappa shape index (κ3) is 6.80. The first-order valence-electron chi connectivity index (χ1n) is 12.9. The summed E-state index contributed by atoms with van der Waals surface area (Å²) in [5, 5.41) is 3.22. The predicted molar refractivity (Wildman–Crippen MR) is 149 cm³/mol. The van der Waals surface area contributed by atoms with Crippen molar-refractivity contribution >= 4 is 29.2 Å². The van der Waals surface area contributed by atoms with Gasteiger partial charge in [0.25, 0.3) is 5.91 Å². The lowest BCUT2D eigenvalue weighted by molar-refractivity contribution is 0.0287. The lowest BCUT2D eigenvalue weighted by Crippen LogP contribution is -2.33. The molecule has 0 radical (unpaired) electrons. The lowest BCUT2D eigenvalue weighted by atomic mass is 10.0. The molecule has 9 heteroatoms. The summed E-state index contributed by atoms with van der Waals surface area (Å²) in [5.41, 5.74) is 9.35. The zero-order chi connectivity index (χ0) is 26.9. The molecule has 0 aliphatic carbocycles. The van der Waals surface area contributed by atoms with Crippen molar-refractivity contribution in [2.24, 2.45) is 5.73 Å². The number of pyridine rings is 1. The number of fused-ring (bicyclic) bond motifs is 1. The number of likely N-dealkylation sites (N-methyl/N-ethyl adjacent to an activating group) is 1. The molecule has 0 bridgehead atoms. The molecule has 38 heavy (non-hydrogen) atoms. The summed E-state index contributed by atoms with van der Waals surface area (Å²) in [7, 11) is 1.99. The highest BCUT2D eigenvalue weighted by Gasteiger charge is 2.27. The highest BCUT2D eigenvalue weighted by Crippen LogP contribution is 2.30. The van der Waals surface area contributed by atoms with Crippen molar-refractivity contribution in [3.05, 3.63) is 83.6 Å². The van der Waals surface area contributed by atoms with Crippen molar-refractivity contribution < 1.29 is 19.1 Å². The van der Waals surface area contributed by atoms with Crippen molar-refractivity contribution in [3.63, 3.8) is 0 Å². The van der Waals surface area contributed by atoms with Crippen LogP contribution in [0.1, 0.15) is 47.4 Å². The van der Waals surface area contributed by atoms with Crippen LogP contribution in [-0.4, -0.2) is 50.3 Å². The van der Waals surface area contributed by atoms with E-state index in [4.69, 9.17) is 15.2 Å². The third-order valence-electron chi connectivity index (χ3n) is 6.49. The number of carbonyl (C=O) groups excluding carboxylic acids is 2. The van der Waals surface area contributed by atoms with Crippen molar-refractivity contribution in [2.75, 3.05) is 48.4 Å². The molecule has 0 saturated carbocycles. The number of nitrogens with two attached hydrogens (primary N) is 1. The van der Waals surface area contributed by atoms with Crippen molar-refractivity contribution in [3.8, 4) is 0 Å². The minimum absolute atomic E-state index is 0.0745. The highest BCUT2D eigenvalue weighted by molar-refractivity contribution is 6.10. The first-order valence-corrected chi connectivity index (χ1v) is 12.9. The van der Waals surface area contributed by atoms with Crippen LogP contribution in [0, 0.1) is 0 Å². The Morgan fingerprint density at radius 3 is 2.71 bits per heavy atom. The van der Waals surface area contributed by atoms with E-state index in [0.29, 0.717) is 38.1 Å². The number of nitrogens with zero attached hydrogens (tertiary/aromatic N) is 3. The van der Waals surface area contributed by atoms with Gasteiger partial charge in [0.1, 0.15) is 5.82 Å². The topological polar surface area (TPSA) is 110 Å². The molecular weight excluding hydrogens is 482 g/mol. The number of aromatic nitrogens is 1. The molecule has 4 rings (SSSR count). The Morgan fingerprint density at radius 2 is 1.95 bits per heavy atom. The van der Waals surface area contributed by atoms with Crippen LogP contribution < -0.4 is 20.9 Å². The van der Waals surface area contributed by atoms with Gasteiger partial charge in [0.15, 0.2) is 0 Å². The minimum Gasteiger partial charge on any atom is -0.450 e. The quantitative estimate of drug-likeness (QED) is 0.353. The average Bonchev–Trinajstić information content (AvgIpc) is 3.05. The number of carbonyl (C=O) groups is 2. The van der Waals surface area contributed by atoms with E-state index in [1.165, 1.54) is 0 Å². The molecular formula is C29H35N5O4. The lowest BCUT2D eigenvalue weighted by Gasteiger charge is -2.23. The van der Waals surface area contributed by atoms with Crippen molar-refractivity contribution in [1.82, 2.24) is 4.98 Å². The number of primary amides is 1. The summed E-state index contributed by atoms with van der Waals surface area (Å²) >= 11 is 0. The molecule has 200 valence electrons. The number of anilines is 3. The average molecular weight is 518 g/mol. The Morgan fingerprint density at radius 1 is 1.13 bits per heavy atom. The summed E-state index contributed by atoms with van der Waals surface area (Å²) in [5.74, 6) is 0.683. The van der Waals surface area contributed by atoms with Gasteiger partial charge in [0.05, 0.1) is 30.6 Å². The van der Waals surface area contributed by atoms with Gasteiger partial charge in [-0.15, -0.1) is 0 Å². The van der Waals surface area contributed by atoms with E-state index < -0.39 is 6.09 Å². The molecule has 1 unspecified atom stereocenters. The van der Waals surface area contributed by atoms with E-state index in [9.17, 15) is 9.59 Å². The Kier molecular flexibility index (Phi) is 9.16. The van der Waals surface area contributed by atoms with Crippen LogP contribution in [0.3, 0.4) is 0 Å². The predicted octanol–water partition coefficient (Wildman–Crippen LogP) is 4.74. The summed E-state index contributed by atoms with van der Waals surface area (Å²) in [6, 6.07) is 19.8. The number of benzene rings is 2. The molecule has 2 aromatic carbocycles. The van der Waals surface area contributed by atoms with Gasteiger partial charge in [-0.25, -0.2) is 9.78 Å². The summed E-state index contributed by atoms with van der Waals surface area (Å²) in [4.78, 5) is 32.8. The third-order valence-corrected chi connectivity index (χ3v) is 6.49. The molecule has 3 N–H and O–H groups in total. The van der Waals surface area contributed by atoms with Gasteiger partial charge >= 0.3 is 6.09 Å². The van der Waals surface area contributed by atoms with E-state index in [2.05, 4.69) is 15.2 Å². The smallest absolute Gasteiger partial charge is 0.404 e. The largest absolute Gasteiger partial charge is 0.450 e. The fourth-order valence-corrected chi connectivity index (χ4v) is 4.53. The van der Waals surface area contributed by atoms with Gasteiger partial charge < -0.3 is 30.3 Å². The Bertz CT molecular complexity index is 1240. The molecule has 1 aliphatic heterocycles. The number of hydrogen-bond donors (Lipinski definition) is 2. The van der Waals surface area contributed by atoms with Crippen molar-refractivity contribution in [1.29, 1.82) is 0 Å². The van der Waals surface area contributed by atoms with Crippen LogP contribution in [0.2, 0.25) is 0 Å². The van der Waals surface area contributed by atoms with Crippen LogP contribution in [0.15, 0.2) is 66.9 Å². The molecule has 0 saturated heterocycles. The molecule has 1 atom stereocenters. The summed E-state index contributed by atoms with van der Waals surface area (Å²) in [6.07, 6.45) is 2.01. The monoisotopic (exact) mass is 517 g/mol. The van der Waals surface area contributed by atoms with Crippen LogP contribution in [0.4, 0.5) is 22.0 Å². The second-order valence-corrected chi connectivity index (χ2v) is 9.19. The van der Waals surface area contributed by atoms with E-state index in [1.54, 1.807) is 11.1 Å². The maximum absolute atomic E-state index is 13.6. The van der Waals surface area contributed by atoms with Crippen LogP contribution in [0.25, 0.3) is 0 Å². The van der Waals surface area contributed by atoms with Crippen LogP contribution in [-0.2, 0) is 16.1 Å². The second kappa shape index (κ2) is 12.9. The fraction of sp³-hybridized carbons (Fsp3) is 0.345. The number of ether oxygens (including phenoxy) is 2. The molecule has 9 nitrogen and oxygen atoms in total. The second-order valence-electron chi connectivity index (χ2n) is 9.19. The Labute approximate surface area is 223 Å². The molecule has 3 aromatic rings. The first-order chi connectivity index (χ1) is 18.5. The van der Waals surface area contributed by atoms with Gasteiger partial charge in [-0.1, -0.05) is 42.5 Å². The number of nitrogens with one attached hydrogen (secondary N) is 1. The molecule has 1 aliphatic rings. The van der Waals surface area contributed by atoms with E-state index >= 15 is 0 Å². The maximum atomic E-state index is 13.6. The maximum Gasteiger partial charge on any atom is 0.404 e. The van der Waals surface area contributed by atoms with Gasteiger partial charge in [0.2, 0.25) is 0 Å².